The number of esters is 1. The van der Waals surface area contributed by atoms with Crippen LogP contribution in [0.4, 0.5) is 0 Å². The number of unbranched alkanes of at least 4 members (excludes halogenated alkanes) is 1. The molecule has 2 heterocycles. The molecule has 1 aromatic heterocycles. The van der Waals surface area contributed by atoms with Crippen molar-refractivity contribution in [3.63, 3.8) is 0 Å². The van der Waals surface area contributed by atoms with Crippen molar-refractivity contribution < 1.29 is 19.0 Å². The van der Waals surface area contributed by atoms with E-state index in [4.69, 9.17) is 14.2 Å². The number of hydrogen-bond donors (Lipinski definition) is 0. The van der Waals surface area contributed by atoms with E-state index in [1.807, 2.05) is 48.3 Å². The van der Waals surface area contributed by atoms with Gasteiger partial charge in [-0.2, -0.15) is 0 Å². The summed E-state index contributed by atoms with van der Waals surface area (Å²) >= 11 is 1.83. The van der Waals surface area contributed by atoms with Crippen molar-refractivity contribution in [1.29, 1.82) is 0 Å². The van der Waals surface area contributed by atoms with Crippen LogP contribution in [0.3, 0.4) is 0 Å². The van der Waals surface area contributed by atoms with Gasteiger partial charge < -0.3 is 14.2 Å². The highest BCUT2D eigenvalue weighted by Gasteiger charge is 2.17. The van der Waals surface area contributed by atoms with Crippen molar-refractivity contribution in [2.24, 2.45) is 0 Å². The van der Waals surface area contributed by atoms with Crippen LogP contribution < -0.4 is 4.74 Å². The molecule has 0 unspecified atom stereocenters. The third-order valence-electron chi connectivity index (χ3n) is 4.76. The lowest BCUT2D eigenvalue weighted by molar-refractivity contribution is 0.0489. The van der Waals surface area contributed by atoms with E-state index < -0.39 is 0 Å². The SMILES string of the molecule is COCCCCOC(=O)c1ccc(CN2CCSc3cnc(OC)cc3C2)cc1. The Morgan fingerprint density at radius 3 is 2.72 bits per heavy atom. The van der Waals surface area contributed by atoms with Gasteiger partial charge in [-0.25, -0.2) is 9.78 Å². The smallest absolute Gasteiger partial charge is 0.338 e. The van der Waals surface area contributed by atoms with E-state index in [0.717, 1.165) is 38.2 Å². The normalized spacial score (nSPS) is 14.1. The maximum atomic E-state index is 12.1. The Bertz CT molecular complexity index is 798. The zero-order chi connectivity index (χ0) is 20.5. The first-order chi connectivity index (χ1) is 14.2. The molecule has 156 valence electrons. The first kappa shape index (κ1) is 21.6. The second-order valence-electron chi connectivity index (χ2n) is 6.93. The van der Waals surface area contributed by atoms with Gasteiger partial charge in [-0.3, -0.25) is 4.90 Å². The summed E-state index contributed by atoms with van der Waals surface area (Å²) in [5.74, 6) is 1.40. The quantitative estimate of drug-likeness (QED) is 0.455. The van der Waals surface area contributed by atoms with E-state index in [2.05, 4.69) is 9.88 Å². The first-order valence-electron chi connectivity index (χ1n) is 9.82. The number of pyridine rings is 1. The third kappa shape index (κ3) is 6.45. The van der Waals surface area contributed by atoms with Gasteiger partial charge in [0, 0.05) is 56.3 Å². The van der Waals surface area contributed by atoms with Crippen molar-refractivity contribution in [3.05, 3.63) is 53.2 Å². The lowest BCUT2D eigenvalue weighted by atomic mass is 10.1. The standard InChI is InChI=1S/C22H28N2O4S/c1-26-10-3-4-11-28-22(25)18-7-5-17(6-8-18)15-24-9-12-29-20-14-23-21(27-2)13-19(20)16-24/h5-8,13-14H,3-4,9-12,15-16H2,1-2H3. The number of thioether (sulfide) groups is 1. The van der Waals surface area contributed by atoms with Gasteiger partial charge in [-0.05, 0) is 36.1 Å². The molecule has 0 N–H and O–H groups in total. The second-order valence-corrected chi connectivity index (χ2v) is 8.06. The van der Waals surface area contributed by atoms with Gasteiger partial charge in [-0.1, -0.05) is 12.1 Å². The molecular weight excluding hydrogens is 388 g/mol. The molecule has 0 radical (unpaired) electrons. The number of fused-ring (bicyclic) bond motifs is 1. The number of methoxy groups -OCH3 is 2. The fraction of sp³-hybridized carbons (Fsp3) is 0.455. The number of carbonyl (C=O) groups excluding carboxylic acids is 1. The number of hydrogen-bond acceptors (Lipinski definition) is 7. The van der Waals surface area contributed by atoms with E-state index in [-0.39, 0.29) is 5.97 Å². The van der Waals surface area contributed by atoms with Crippen LogP contribution in [-0.2, 0) is 22.6 Å². The predicted octanol–water partition coefficient (Wildman–Crippen LogP) is 3.78. The van der Waals surface area contributed by atoms with Gasteiger partial charge in [0.25, 0.3) is 0 Å². The Hall–Kier alpha value is -2.09. The summed E-state index contributed by atoms with van der Waals surface area (Å²) in [4.78, 5) is 20.1. The molecule has 3 rings (SSSR count). The summed E-state index contributed by atoms with van der Waals surface area (Å²) in [6.45, 7) is 3.79. The Balaban J connectivity index is 1.54. The van der Waals surface area contributed by atoms with Crippen LogP contribution in [0.25, 0.3) is 0 Å². The van der Waals surface area contributed by atoms with Crippen molar-refractivity contribution >= 4 is 17.7 Å². The molecule has 6 nitrogen and oxygen atoms in total. The summed E-state index contributed by atoms with van der Waals surface area (Å²) < 4.78 is 15.6. The molecule has 0 spiro atoms. The number of ether oxygens (including phenoxy) is 3. The molecule has 7 heteroatoms. The van der Waals surface area contributed by atoms with Gasteiger partial charge in [0.2, 0.25) is 5.88 Å². The topological polar surface area (TPSA) is 60.9 Å². The minimum atomic E-state index is -0.270. The molecule has 29 heavy (non-hydrogen) atoms. The molecule has 0 amide bonds. The molecule has 0 atom stereocenters. The Kier molecular flexibility index (Phi) is 8.34. The van der Waals surface area contributed by atoms with Crippen LogP contribution in [0.15, 0.2) is 41.4 Å². The van der Waals surface area contributed by atoms with Crippen LogP contribution in [0.5, 0.6) is 5.88 Å². The predicted molar refractivity (Wildman–Crippen MR) is 113 cm³/mol. The van der Waals surface area contributed by atoms with Gasteiger partial charge in [0.15, 0.2) is 0 Å². The molecule has 1 aliphatic rings. The Labute approximate surface area is 176 Å². The highest BCUT2D eigenvalue weighted by molar-refractivity contribution is 7.99. The van der Waals surface area contributed by atoms with E-state index in [1.165, 1.54) is 16.0 Å². The van der Waals surface area contributed by atoms with Crippen molar-refractivity contribution in [2.75, 3.05) is 39.7 Å². The number of carbonyl (C=O) groups is 1. The van der Waals surface area contributed by atoms with Gasteiger partial charge in [-0.15, -0.1) is 11.8 Å². The highest BCUT2D eigenvalue weighted by Crippen LogP contribution is 2.29. The summed E-state index contributed by atoms with van der Waals surface area (Å²) in [6, 6.07) is 9.73. The van der Waals surface area contributed by atoms with Gasteiger partial charge in [0.05, 0.1) is 19.3 Å². The Morgan fingerprint density at radius 1 is 1.17 bits per heavy atom. The maximum absolute atomic E-state index is 12.1. The van der Waals surface area contributed by atoms with E-state index >= 15 is 0 Å². The number of aromatic nitrogens is 1. The zero-order valence-electron chi connectivity index (χ0n) is 17.1. The fourth-order valence-corrected chi connectivity index (χ4v) is 4.17. The van der Waals surface area contributed by atoms with Crippen molar-refractivity contribution in [3.8, 4) is 5.88 Å². The minimum Gasteiger partial charge on any atom is -0.481 e. The highest BCUT2D eigenvalue weighted by atomic mass is 32.2. The number of benzene rings is 1. The number of nitrogens with zero attached hydrogens (tertiary/aromatic N) is 2. The molecule has 0 fully saturated rings. The van der Waals surface area contributed by atoms with E-state index in [0.29, 0.717) is 24.7 Å². The molecule has 0 bridgehead atoms. The van der Waals surface area contributed by atoms with Crippen LogP contribution in [0.2, 0.25) is 0 Å². The molecule has 2 aromatic rings. The van der Waals surface area contributed by atoms with Crippen molar-refractivity contribution in [1.82, 2.24) is 9.88 Å². The van der Waals surface area contributed by atoms with Crippen molar-refractivity contribution in [2.45, 2.75) is 30.8 Å². The molecule has 0 saturated heterocycles. The summed E-state index contributed by atoms with van der Waals surface area (Å²) in [5, 5.41) is 0. The average Bonchev–Trinajstić information content (AvgIpc) is 2.95. The monoisotopic (exact) mass is 416 g/mol. The molecule has 1 aliphatic heterocycles. The molecule has 0 saturated carbocycles. The summed E-state index contributed by atoms with van der Waals surface area (Å²) in [7, 11) is 3.31. The van der Waals surface area contributed by atoms with E-state index in [9.17, 15) is 4.79 Å². The fourth-order valence-electron chi connectivity index (χ4n) is 3.17. The van der Waals surface area contributed by atoms with Crippen LogP contribution in [0.1, 0.15) is 34.3 Å². The molecule has 0 aliphatic carbocycles. The zero-order valence-corrected chi connectivity index (χ0v) is 17.9. The Morgan fingerprint density at radius 2 is 1.97 bits per heavy atom. The minimum absolute atomic E-state index is 0.270. The van der Waals surface area contributed by atoms with E-state index in [1.54, 1.807) is 14.2 Å². The van der Waals surface area contributed by atoms with Gasteiger partial charge in [0.1, 0.15) is 0 Å². The maximum Gasteiger partial charge on any atom is 0.338 e. The van der Waals surface area contributed by atoms with Crippen LogP contribution in [0, 0.1) is 0 Å². The van der Waals surface area contributed by atoms with Crippen LogP contribution in [-0.4, -0.2) is 55.6 Å². The first-order valence-corrected chi connectivity index (χ1v) is 10.8. The summed E-state index contributed by atoms with van der Waals surface area (Å²) in [5.41, 5.74) is 3.01. The average molecular weight is 417 g/mol. The molecule has 1 aromatic carbocycles. The lowest BCUT2D eigenvalue weighted by Crippen LogP contribution is -2.24. The largest absolute Gasteiger partial charge is 0.481 e. The third-order valence-corrected chi connectivity index (χ3v) is 5.83. The van der Waals surface area contributed by atoms with Gasteiger partial charge >= 0.3 is 5.97 Å². The molecular formula is C22H28N2O4S. The number of rotatable bonds is 9. The summed E-state index contributed by atoms with van der Waals surface area (Å²) in [6.07, 6.45) is 3.60. The second kappa shape index (κ2) is 11.2. The lowest BCUT2D eigenvalue weighted by Gasteiger charge is -2.20. The van der Waals surface area contributed by atoms with Crippen LogP contribution >= 0.6 is 11.8 Å².